The molecule has 1 atom stereocenters. The van der Waals surface area contributed by atoms with Crippen molar-refractivity contribution >= 4 is 5.96 Å². The second kappa shape index (κ2) is 10.2. The largest absolute Gasteiger partial charge is 0.356 e. The Morgan fingerprint density at radius 1 is 1.21 bits per heavy atom. The van der Waals surface area contributed by atoms with E-state index in [9.17, 15) is 0 Å². The summed E-state index contributed by atoms with van der Waals surface area (Å²) in [5.41, 5.74) is 2.66. The number of fused-ring (bicyclic) bond motifs is 1. The molecule has 0 fully saturated rings. The fraction of sp³-hybridized carbons (Fsp3) is 0.591. The van der Waals surface area contributed by atoms with Gasteiger partial charge in [-0.3, -0.25) is 4.99 Å². The number of aryl methyl sites for hydroxylation is 3. The summed E-state index contributed by atoms with van der Waals surface area (Å²) in [5, 5.41) is 15.7. The lowest BCUT2D eigenvalue weighted by Crippen LogP contribution is -2.39. The molecule has 0 bridgehead atoms. The van der Waals surface area contributed by atoms with Crippen LogP contribution < -0.4 is 10.6 Å². The molecule has 0 aliphatic carbocycles. The van der Waals surface area contributed by atoms with Crippen molar-refractivity contribution in [3.63, 3.8) is 0 Å². The Balaban J connectivity index is 1.41. The molecule has 1 aliphatic rings. The van der Waals surface area contributed by atoms with Gasteiger partial charge in [0.25, 0.3) is 0 Å². The van der Waals surface area contributed by atoms with Crippen molar-refractivity contribution in [2.24, 2.45) is 4.99 Å². The monoisotopic (exact) mass is 382 g/mol. The molecule has 0 amide bonds. The van der Waals surface area contributed by atoms with Crippen LogP contribution in [0.15, 0.2) is 29.3 Å². The number of hydrogen-bond donors (Lipinski definition) is 2. The average Bonchev–Trinajstić information content (AvgIpc) is 2.93. The zero-order valence-electron chi connectivity index (χ0n) is 17.5. The summed E-state index contributed by atoms with van der Waals surface area (Å²) < 4.78 is 2.34. The summed E-state index contributed by atoms with van der Waals surface area (Å²) in [6.07, 6.45) is 6.83. The van der Waals surface area contributed by atoms with E-state index < -0.39 is 0 Å². The summed E-state index contributed by atoms with van der Waals surface area (Å²) >= 11 is 0. The van der Waals surface area contributed by atoms with Gasteiger partial charge in [-0.05, 0) is 37.7 Å². The highest BCUT2D eigenvalue weighted by atomic mass is 15.3. The molecule has 1 aliphatic heterocycles. The zero-order valence-corrected chi connectivity index (χ0v) is 17.5. The lowest BCUT2D eigenvalue weighted by atomic mass is 9.99. The van der Waals surface area contributed by atoms with Crippen LogP contribution in [0.3, 0.4) is 0 Å². The fourth-order valence-electron chi connectivity index (χ4n) is 3.75. The van der Waals surface area contributed by atoms with Crippen LogP contribution in [0, 0.1) is 6.92 Å². The Morgan fingerprint density at radius 2 is 2.11 bits per heavy atom. The minimum atomic E-state index is 0.435. The molecule has 2 heterocycles. The van der Waals surface area contributed by atoms with Gasteiger partial charge in [0.05, 0.1) is 0 Å². The van der Waals surface area contributed by atoms with Gasteiger partial charge in [-0.15, -0.1) is 10.2 Å². The van der Waals surface area contributed by atoms with Crippen molar-refractivity contribution in [2.75, 3.05) is 20.1 Å². The SMILES string of the molecule is CN=C(NCCCc1nnc2n1CCCCC2)NCC(C)c1cccc(C)c1. The van der Waals surface area contributed by atoms with E-state index in [0.717, 1.165) is 50.7 Å². The van der Waals surface area contributed by atoms with E-state index in [1.807, 2.05) is 7.05 Å². The van der Waals surface area contributed by atoms with Gasteiger partial charge in [0.15, 0.2) is 5.96 Å². The van der Waals surface area contributed by atoms with Crippen LogP contribution in [-0.2, 0) is 19.4 Å². The van der Waals surface area contributed by atoms with Crippen LogP contribution >= 0.6 is 0 Å². The van der Waals surface area contributed by atoms with Crippen LogP contribution in [0.4, 0.5) is 0 Å². The minimum absolute atomic E-state index is 0.435. The summed E-state index contributed by atoms with van der Waals surface area (Å²) in [4.78, 5) is 4.35. The van der Waals surface area contributed by atoms with Gasteiger partial charge in [-0.25, -0.2) is 0 Å². The molecule has 0 radical (unpaired) electrons. The van der Waals surface area contributed by atoms with Crippen molar-refractivity contribution in [1.82, 2.24) is 25.4 Å². The van der Waals surface area contributed by atoms with Crippen molar-refractivity contribution in [2.45, 2.75) is 64.8 Å². The number of guanidine groups is 1. The normalized spacial score (nSPS) is 15.6. The standard InChI is InChI=1S/C22H34N6/c1-17-9-7-10-19(15-17)18(2)16-25-22(23-3)24-13-8-12-21-27-26-20-11-5-4-6-14-28(20)21/h7,9-10,15,18H,4-6,8,11-14,16H2,1-3H3,(H2,23,24,25). The Morgan fingerprint density at radius 3 is 2.93 bits per heavy atom. The Kier molecular flexibility index (Phi) is 7.46. The first kappa shape index (κ1) is 20.4. The van der Waals surface area contributed by atoms with Gasteiger partial charge in [-0.2, -0.15) is 0 Å². The van der Waals surface area contributed by atoms with Crippen molar-refractivity contribution in [3.8, 4) is 0 Å². The number of hydrogen-bond acceptors (Lipinski definition) is 3. The van der Waals surface area contributed by atoms with Crippen LogP contribution in [0.1, 0.15) is 61.3 Å². The summed E-state index contributed by atoms with van der Waals surface area (Å²) in [6, 6.07) is 8.71. The fourth-order valence-corrected chi connectivity index (χ4v) is 3.75. The van der Waals surface area contributed by atoms with E-state index in [1.165, 1.54) is 36.2 Å². The van der Waals surface area contributed by atoms with Crippen LogP contribution in [0.5, 0.6) is 0 Å². The molecule has 6 nitrogen and oxygen atoms in total. The molecule has 1 aromatic carbocycles. The summed E-state index contributed by atoms with van der Waals surface area (Å²) in [6.45, 7) is 7.19. The molecule has 2 N–H and O–H groups in total. The molecular weight excluding hydrogens is 348 g/mol. The van der Waals surface area contributed by atoms with Gasteiger partial charge in [0.1, 0.15) is 11.6 Å². The number of benzene rings is 1. The highest BCUT2D eigenvalue weighted by Gasteiger charge is 2.14. The molecule has 0 spiro atoms. The zero-order chi connectivity index (χ0) is 19.8. The van der Waals surface area contributed by atoms with Crippen LogP contribution in [0.25, 0.3) is 0 Å². The smallest absolute Gasteiger partial charge is 0.190 e. The van der Waals surface area contributed by atoms with E-state index in [4.69, 9.17) is 0 Å². The molecular formula is C22H34N6. The van der Waals surface area contributed by atoms with Gasteiger partial charge in [-0.1, -0.05) is 43.2 Å². The second-order valence-electron chi connectivity index (χ2n) is 7.79. The highest BCUT2D eigenvalue weighted by molar-refractivity contribution is 5.79. The molecule has 2 aromatic rings. The van der Waals surface area contributed by atoms with Gasteiger partial charge in [0.2, 0.25) is 0 Å². The van der Waals surface area contributed by atoms with Crippen molar-refractivity contribution in [3.05, 3.63) is 47.0 Å². The molecule has 6 heteroatoms. The maximum atomic E-state index is 4.42. The first-order valence-electron chi connectivity index (χ1n) is 10.6. The third kappa shape index (κ3) is 5.57. The number of nitrogens with zero attached hydrogens (tertiary/aromatic N) is 4. The first-order chi connectivity index (χ1) is 13.7. The summed E-state index contributed by atoms with van der Waals surface area (Å²) in [5.74, 6) is 3.60. The number of aromatic nitrogens is 3. The predicted octanol–water partition coefficient (Wildman–Crippen LogP) is 3.21. The predicted molar refractivity (Wildman–Crippen MR) is 115 cm³/mol. The molecule has 152 valence electrons. The third-order valence-electron chi connectivity index (χ3n) is 5.47. The van der Waals surface area contributed by atoms with Crippen molar-refractivity contribution in [1.29, 1.82) is 0 Å². The van der Waals surface area contributed by atoms with Gasteiger partial charge in [0, 0.05) is 39.5 Å². The number of rotatable bonds is 7. The Bertz CT molecular complexity index is 779. The minimum Gasteiger partial charge on any atom is -0.356 e. The lowest BCUT2D eigenvalue weighted by molar-refractivity contribution is 0.593. The van der Waals surface area contributed by atoms with Crippen LogP contribution in [0.2, 0.25) is 0 Å². The topological polar surface area (TPSA) is 67.1 Å². The number of nitrogens with one attached hydrogen (secondary N) is 2. The second-order valence-corrected chi connectivity index (χ2v) is 7.79. The highest BCUT2D eigenvalue weighted by Crippen LogP contribution is 2.16. The quantitative estimate of drug-likeness (QED) is 0.438. The summed E-state index contributed by atoms with van der Waals surface area (Å²) in [7, 11) is 1.82. The maximum Gasteiger partial charge on any atom is 0.190 e. The Labute approximate surface area is 168 Å². The van der Waals surface area contributed by atoms with E-state index in [0.29, 0.717) is 5.92 Å². The first-order valence-corrected chi connectivity index (χ1v) is 10.6. The molecule has 1 unspecified atom stereocenters. The molecule has 3 rings (SSSR count). The van der Waals surface area contributed by atoms with Gasteiger partial charge < -0.3 is 15.2 Å². The Hall–Kier alpha value is -2.37. The van der Waals surface area contributed by atoms with Crippen LogP contribution in [-0.4, -0.2) is 40.9 Å². The van der Waals surface area contributed by atoms with Crippen molar-refractivity contribution < 1.29 is 0 Å². The lowest BCUT2D eigenvalue weighted by Gasteiger charge is -2.17. The van der Waals surface area contributed by atoms with E-state index >= 15 is 0 Å². The van der Waals surface area contributed by atoms with E-state index in [2.05, 4.69) is 68.5 Å². The molecule has 0 saturated heterocycles. The molecule has 0 saturated carbocycles. The number of aliphatic imine (C=N–C) groups is 1. The maximum absolute atomic E-state index is 4.42. The third-order valence-corrected chi connectivity index (χ3v) is 5.47. The molecule has 28 heavy (non-hydrogen) atoms. The van der Waals surface area contributed by atoms with E-state index in [-0.39, 0.29) is 0 Å². The van der Waals surface area contributed by atoms with Gasteiger partial charge >= 0.3 is 0 Å². The van der Waals surface area contributed by atoms with E-state index in [1.54, 1.807) is 0 Å². The average molecular weight is 383 g/mol. The molecule has 1 aromatic heterocycles.